The van der Waals surface area contributed by atoms with E-state index in [-0.39, 0.29) is 30.4 Å². The fraction of sp³-hybridized carbons (Fsp3) is 0.522. The Balaban J connectivity index is 1.83. The number of amides is 2. The van der Waals surface area contributed by atoms with Crippen LogP contribution in [-0.2, 0) is 19.1 Å². The number of anilines is 1. The van der Waals surface area contributed by atoms with Gasteiger partial charge in [0.15, 0.2) is 0 Å². The number of alkyl halides is 1. The van der Waals surface area contributed by atoms with Gasteiger partial charge in [0.1, 0.15) is 11.6 Å². The highest BCUT2D eigenvalue weighted by molar-refractivity contribution is 9.09. The van der Waals surface area contributed by atoms with Gasteiger partial charge in [-0.1, -0.05) is 34.1 Å². The summed E-state index contributed by atoms with van der Waals surface area (Å²) in [7, 11) is 0. The van der Waals surface area contributed by atoms with Crippen LogP contribution in [0.4, 0.5) is 5.69 Å². The lowest BCUT2D eigenvalue weighted by atomic mass is 9.70. The zero-order valence-corrected chi connectivity index (χ0v) is 19.6. The molecule has 3 unspecified atom stereocenters. The van der Waals surface area contributed by atoms with E-state index in [1.807, 2.05) is 32.0 Å². The van der Waals surface area contributed by atoms with E-state index in [1.165, 1.54) is 4.90 Å². The normalized spacial score (nSPS) is 32.8. The van der Waals surface area contributed by atoms with Crippen molar-refractivity contribution in [2.24, 2.45) is 11.8 Å². The highest BCUT2D eigenvalue weighted by Crippen LogP contribution is 2.60. The third-order valence-corrected chi connectivity index (χ3v) is 7.73. The average Bonchev–Trinajstić information content (AvgIpc) is 3.32. The number of benzene rings is 1. The van der Waals surface area contributed by atoms with E-state index in [0.717, 1.165) is 11.1 Å². The Morgan fingerprint density at radius 2 is 2.12 bits per heavy atom. The number of hydrogen-bond donors (Lipinski definition) is 2. The third kappa shape index (κ3) is 3.21. The van der Waals surface area contributed by atoms with E-state index in [4.69, 9.17) is 4.74 Å². The molecule has 3 heterocycles. The van der Waals surface area contributed by atoms with Gasteiger partial charge in [0.05, 0.1) is 24.5 Å². The minimum Gasteiger partial charge on any atom is -0.481 e. The van der Waals surface area contributed by atoms with Crippen LogP contribution in [-0.4, -0.2) is 75.2 Å². The molecule has 1 spiro atoms. The number of halogens is 1. The Morgan fingerprint density at radius 1 is 1.41 bits per heavy atom. The molecular weight excluding hydrogens is 480 g/mol. The molecule has 1 aromatic rings. The SMILES string of the molecule is C=CCN(C(=O)C1N(CCO)C(=O)[C@@H]2[C@H](C(=O)O)[C@H]3OC12CC3Br)c1cc(C)ccc1C. The number of nitrogens with zero attached hydrogens (tertiary/aromatic N) is 2. The predicted molar refractivity (Wildman–Crippen MR) is 121 cm³/mol. The van der Waals surface area contributed by atoms with Gasteiger partial charge >= 0.3 is 5.97 Å². The maximum absolute atomic E-state index is 14.1. The van der Waals surface area contributed by atoms with Crippen molar-refractivity contribution in [3.63, 3.8) is 0 Å². The van der Waals surface area contributed by atoms with Crippen LogP contribution < -0.4 is 4.90 Å². The Labute approximate surface area is 195 Å². The van der Waals surface area contributed by atoms with Crippen molar-refractivity contribution >= 4 is 39.4 Å². The molecule has 0 radical (unpaired) electrons. The fourth-order valence-electron chi connectivity index (χ4n) is 5.63. The van der Waals surface area contributed by atoms with Gasteiger partial charge in [-0.3, -0.25) is 14.4 Å². The van der Waals surface area contributed by atoms with Gasteiger partial charge in [-0.05, 0) is 37.5 Å². The number of aliphatic carboxylic acids is 1. The first-order valence-electron chi connectivity index (χ1n) is 10.6. The molecule has 1 aromatic carbocycles. The monoisotopic (exact) mass is 506 g/mol. The maximum Gasteiger partial charge on any atom is 0.310 e. The number of fused-ring (bicyclic) bond motifs is 1. The van der Waals surface area contributed by atoms with Crippen LogP contribution in [0.1, 0.15) is 17.5 Å². The number of aryl methyl sites for hydroxylation is 2. The number of ether oxygens (including phenoxy) is 1. The van der Waals surface area contributed by atoms with Gasteiger partial charge in [-0.25, -0.2) is 0 Å². The van der Waals surface area contributed by atoms with Gasteiger partial charge in [-0.15, -0.1) is 6.58 Å². The minimum absolute atomic E-state index is 0.0739. The van der Waals surface area contributed by atoms with Gasteiger partial charge in [0.25, 0.3) is 5.91 Å². The predicted octanol–water partition coefficient (Wildman–Crippen LogP) is 1.65. The molecule has 32 heavy (non-hydrogen) atoms. The molecule has 8 nitrogen and oxygen atoms in total. The van der Waals surface area contributed by atoms with Crippen LogP contribution in [0.3, 0.4) is 0 Å². The summed E-state index contributed by atoms with van der Waals surface area (Å²) in [5, 5.41) is 19.5. The summed E-state index contributed by atoms with van der Waals surface area (Å²) >= 11 is 3.52. The Morgan fingerprint density at radius 3 is 2.75 bits per heavy atom. The summed E-state index contributed by atoms with van der Waals surface area (Å²) in [6.07, 6.45) is 1.26. The second kappa shape index (κ2) is 8.28. The molecule has 3 aliphatic heterocycles. The molecule has 4 rings (SSSR count). The van der Waals surface area contributed by atoms with Crippen molar-refractivity contribution in [1.29, 1.82) is 0 Å². The van der Waals surface area contributed by atoms with Crippen LogP contribution in [0.25, 0.3) is 0 Å². The molecule has 3 aliphatic rings. The third-order valence-electron chi connectivity index (χ3n) is 6.88. The minimum atomic E-state index is -1.26. The van der Waals surface area contributed by atoms with Gasteiger partial charge in [0, 0.05) is 23.6 Å². The maximum atomic E-state index is 14.1. The molecule has 3 saturated heterocycles. The lowest BCUT2D eigenvalue weighted by molar-refractivity contribution is -0.149. The topological polar surface area (TPSA) is 107 Å². The first-order chi connectivity index (χ1) is 15.2. The number of carboxylic acids is 1. The highest BCUT2D eigenvalue weighted by Gasteiger charge is 2.76. The quantitative estimate of drug-likeness (QED) is 0.430. The van der Waals surface area contributed by atoms with Crippen LogP contribution in [0, 0.1) is 25.7 Å². The van der Waals surface area contributed by atoms with Gasteiger partial charge < -0.3 is 24.7 Å². The van der Waals surface area contributed by atoms with E-state index < -0.39 is 41.5 Å². The van der Waals surface area contributed by atoms with Crippen molar-refractivity contribution in [2.45, 2.75) is 42.8 Å². The highest BCUT2D eigenvalue weighted by atomic mass is 79.9. The first kappa shape index (κ1) is 22.9. The Hall–Kier alpha value is -2.23. The molecule has 0 saturated carbocycles. The Kier molecular flexibility index (Phi) is 5.94. The van der Waals surface area contributed by atoms with Crippen LogP contribution in [0.15, 0.2) is 30.9 Å². The number of carbonyl (C=O) groups excluding carboxylic acids is 2. The number of carbonyl (C=O) groups is 3. The second-order valence-electron chi connectivity index (χ2n) is 8.78. The number of aliphatic hydroxyl groups is 1. The molecule has 3 fully saturated rings. The summed E-state index contributed by atoms with van der Waals surface area (Å²) in [5.74, 6) is -3.95. The summed E-state index contributed by atoms with van der Waals surface area (Å²) in [6, 6.07) is 4.74. The van der Waals surface area contributed by atoms with Crippen molar-refractivity contribution < 1.29 is 29.3 Å². The summed E-state index contributed by atoms with van der Waals surface area (Å²) in [6.45, 7) is 7.41. The molecule has 2 amide bonds. The van der Waals surface area contributed by atoms with E-state index in [0.29, 0.717) is 12.1 Å². The van der Waals surface area contributed by atoms with E-state index in [1.54, 1.807) is 11.0 Å². The average molecular weight is 507 g/mol. The number of carboxylic acid groups (broad SMARTS) is 1. The first-order valence-corrected chi connectivity index (χ1v) is 11.5. The zero-order valence-electron chi connectivity index (χ0n) is 18.0. The van der Waals surface area contributed by atoms with Crippen molar-refractivity contribution in [3.8, 4) is 0 Å². The molecule has 0 aliphatic carbocycles. The van der Waals surface area contributed by atoms with Crippen LogP contribution in [0.2, 0.25) is 0 Å². The summed E-state index contributed by atoms with van der Waals surface area (Å²) in [5.41, 5.74) is 1.30. The van der Waals surface area contributed by atoms with E-state index in [2.05, 4.69) is 22.5 Å². The van der Waals surface area contributed by atoms with Crippen molar-refractivity contribution in [3.05, 3.63) is 42.0 Å². The molecular formula is C23H27BrN2O6. The molecule has 6 atom stereocenters. The van der Waals surface area contributed by atoms with Crippen LogP contribution >= 0.6 is 15.9 Å². The zero-order chi connectivity index (χ0) is 23.4. The van der Waals surface area contributed by atoms with Crippen LogP contribution in [0.5, 0.6) is 0 Å². The van der Waals surface area contributed by atoms with Crippen molar-refractivity contribution in [1.82, 2.24) is 4.90 Å². The standard InChI is InChI=1S/C23H27BrN2O6/c1-4-7-25(15-10-12(2)5-6-13(15)3)21(29)19-23-11-14(24)18(32-23)16(22(30)31)17(23)20(28)26(19)8-9-27/h4-6,10,14,16-19,27H,1,7-9,11H2,2-3H3,(H,30,31)/t14?,16-,17-,18-,19?,23?/m0/s1. The fourth-order valence-corrected chi connectivity index (χ4v) is 6.58. The van der Waals surface area contributed by atoms with E-state index in [9.17, 15) is 24.6 Å². The van der Waals surface area contributed by atoms with Gasteiger partial charge in [0.2, 0.25) is 5.91 Å². The largest absolute Gasteiger partial charge is 0.481 e. The lowest BCUT2D eigenvalue weighted by Gasteiger charge is -2.37. The number of likely N-dealkylation sites (tertiary alicyclic amines) is 1. The summed E-state index contributed by atoms with van der Waals surface area (Å²) in [4.78, 5) is 42.2. The van der Waals surface area contributed by atoms with Gasteiger partial charge in [-0.2, -0.15) is 0 Å². The molecule has 0 aromatic heterocycles. The molecule has 2 bridgehead atoms. The molecule has 9 heteroatoms. The Bertz CT molecular complexity index is 983. The second-order valence-corrected chi connectivity index (χ2v) is 9.96. The van der Waals surface area contributed by atoms with E-state index >= 15 is 0 Å². The molecule has 172 valence electrons. The number of β-amino-alcohol motifs (C(OH)–C–C–N with tert-alkyl or cyclic N) is 1. The smallest absolute Gasteiger partial charge is 0.310 e. The van der Waals surface area contributed by atoms with Crippen molar-refractivity contribution in [2.75, 3.05) is 24.6 Å². The molecule has 2 N–H and O–H groups in total. The number of rotatable bonds is 7. The lowest BCUT2D eigenvalue weighted by Crippen LogP contribution is -2.57. The number of aliphatic hydroxyl groups excluding tert-OH is 1. The summed E-state index contributed by atoms with van der Waals surface area (Å²) < 4.78 is 6.22. The number of hydrogen-bond acceptors (Lipinski definition) is 5.